The van der Waals surface area contributed by atoms with E-state index in [9.17, 15) is 0 Å². The standard InChI is InChI=1S/C26H39BrOSi/c1-25(2,3)29(5,6)28-20-9-11-21-18(17-20)7-10-23-22(21)13-15-26(4)19(14-16-27)8-12-24(23)26/h9,11,14,17,22-24H,7-8,10,12-13,15-16H2,1-6H3/b19-14-. The molecule has 2 fully saturated rings. The largest absolute Gasteiger partial charge is 0.543 e. The van der Waals surface area contributed by atoms with Crippen molar-refractivity contribution in [2.24, 2.45) is 17.3 Å². The Morgan fingerprint density at radius 3 is 2.62 bits per heavy atom. The fourth-order valence-corrected chi connectivity index (χ4v) is 7.76. The lowest BCUT2D eigenvalue weighted by atomic mass is 9.55. The highest BCUT2D eigenvalue weighted by Crippen LogP contribution is 2.62. The molecule has 1 aromatic rings. The molecule has 3 aliphatic rings. The third-order valence-electron chi connectivity index (χ3n) is 9.05. The minimum Gasteiger partial charge on any atom is -0.543 e. The molecule has 0 N–H and O–H groups in total. The molecular weight excluding hydrogens is 436 g/mol. The molecule has 0 aromatic heterocycles. The normalized spacial score (nSPS) is 33.2. The van der Waals surface area contributed by atoms with Crippen LogP contribution in [0.5, 0.6) is 5.75 Å². The van der Waals surface area contributed by atoms with Gasteiger partial charge in [-0.3, -0.25) is 0 Å². The van der Waals surface area contributed by atoms with Gasteiger partial charge >= 0.3 is 0 Å². The Morgan fingerprint density at radius 2 is 1.93 bits per heavy atom. The van der Waals surface area contributed by atoms with Crippen molar-refractivity contribution in [1.82, 2.24) is 0 Å². The van der Waals surface area contributed by atoms with Crippen LogP contribution in [0.15, 0.2) is 29.8 Å². The van der Waals surface area contributed by atoms with Crippen LogP contribution in [0.2, 0.25) is 18.1 Å². The van der Waals surface area contributed by atoms with Gasteiger partial charge in [-0.1, -0.05) is 61.3 Å². The Hall–Kier alpha value is -0.543. The van der Waals surface area contributed by atoms with E-state index in [4.69, 9.17) is 4.43 Å². The van der Waals surface area contributed by atoms with E-state index in [0.29, 0.717) is 5.41 Å². The molecule has 0 heterocycles. The Labute approximate surface area is 188 Å². The van der Waals surface area contributed by atoms with Gasteiger partial charge in [-0.15, -0.1) is 0 Å². The number of benzene rings is 1. The van der Waals surface area contributed by atoms with Gasteiger partial charge in [0.25, 0.3) is 0 Å². The third-order valence-corrected chi connectivity index (χ3v) is 13.7. The highest BCUT2D eigenvalue weighted by atomic mass is 79.9. The van der Waals surface area contributed by atoms with Crippen molar-refractivity contribution in [2.75, 3.05) is 5.33 Å². The molecule has 2 saturated carbocycles. The lowest BCUT2D eigenvalue weighted by Gasteiger charge is -2.49. The smallest absolute Gasteiger partial charge is 0.250 e. The number of halogens is 1. The zero-order chi connectivity index (χ0) is 21.0. The van der Waals surface area contributed by atoms with Gasteiger partial charge in [0.1, 0.15) is 5.75 Å². The molecule has 4 atom stereocenters. The van der Waals surface area contributed by atoms with Crippen molar-refractivity contribution in [3.05, 3.63) is 41.0 Å². The van der Waals surface area contributed by atoms with Gasteiger partial charge in [-0.2, -0.15) is 0 Å². The van der Waals surface area contributed by atoms with Gasteiger partial charge in [-0.05, 0) is 103 Å². The summed E-state index contributed by atoms with van der Waals surface area (Å²) >= 11 is 3.64. The summed E-state index contributed by atoms with van der Waals surface area (Å²) in [4.78, 5) is 0. The molecule has 0 radical (unpaired) electrons. The van der Waals surface area contributed by atoms with Gasteiger partial charge < -0.3 is 4.43 Å². The molecule has 0 spiro atoms. The average Bonchev–Trinajstić information content (AvgIpc) is 2.97. The molecular formula is C26H39BrOSi. The van der Waals surface area contributed by atoms with Crippen LogP contribution >= 0.6 is 15.9 Å². The molecule has 1 nitrogen and oxygen atoms in total. The molecule has 0 amide bonds. The van der Waals surface area contributed by atoms with Gasteiger partial charge in [-0.25, -0.2) is 0 Å². The predicted molar refractivity (Wildman–Crippen MR) is 131 cm³/mol. The number of rotatable bonds is 3. The van der Waals surface area contributed by atoms with E-state index in [1.807, 2.05) is 0 Å². The van der Waals surface area contributed by atoms with E-state index in [1.165, 1.54) is 38.5 Å². The van der Waals surface area contributed by atoms with E-state index < -0.39 is 8.32 Å². The van der Waals surface area contributed by atoms with Crippen LogP contribution in [0.25, 0.3) is 0 Å². The van der Waals surface area contributed by atoms with Crippen molar-refractivity contribution < 1.29 is 4.43 Å². The van der Waals surface area contributed by atoms with E-state index >= 15 is 0 Å². The molecule has 3 aliphatic carbocycles. The Morgan fingerprint density at radius 1 is 1.17 bits per heavy atom. The SMILES string of the molecule is CC12CCC3c4ccc(O[Si](C)(C)C(C)(C)C)cc4CCC3C1CC/C2=C/CBr. The third kappa shape index (κ3) is 3.69. The van der Waals surface area contributed by atoms with Gasteiger partial charge in [0, 0.05) is 5.33 Å². The number of hydrogen-bond donors (Lipinski definition) is 0. The fourth-order valence-electron chi connectivity index (χ4n) is 6.35. The number of allylic oxidation sites excluding steroid dienone is 2. The molecule has 4 unspecified atom stereocenters. The molecule has 0 bridgehead atoms. The Kier molecular flexibility index (Phi) is 5.64. The highest BCUT2D eigenvalue weighted by Gasteiger charge is 2.52. The second kappa shape index (κ2) is 7.55. The summed E-state index contributed by atoms with van der Waals surface area (Å²) in [5, 5.41) is 1.25. The van der Waals surface area contributed by atoms with Crippen LogP contribution in [0, 0.1) is 17.3 Å². The van der Waals surface area contributed by atoms with Crippen LogP contribution < -0.4 is 4.43 Å². The first-order valence-corrected chi connectivity index (χ1v) is 15.7. The van der Waals surface area contributed by atoms with Crippen molar-refractivity contribution in [1.29, 1.82) is 0 Å². The lowest BCUT2D eigenvalue weighted by molar-refractivity contribution is 0.0813. The summed E-state index contributed by atoms with van der Waals surface area (Å²) in [6.45, 7) is 14.2. The molecule has 4 rings (SSSR count). The minimum absolute atomic E-state index is 0.241. The topological polar surface area (TPSA) is 9.23 Å². The Balaban J connectivity index is 1.58. The van der Waals surface area contributed by atoms with Crippen molar-refractivity contribution in [3.63, 3.8) is 0 Å². The second-order valence-corrected chi connectivity index (χ2v) is 16.9. The van der Waals surface area contributed by atoms with Crippen molar-refractivity contribution in [3.8, 4) is 5.75 Å². The highest BCUT2D eigenvalue weighted by molar-refractivity contribution is 9.09. The first-order valence-electron chi connectivity index (χ1n) is 11.6. The quantitative estimate of drug-likeness (QED) is 0.243. The lowest BCUT2D eigenvalue weighted by Crippen LogP contribution is -2.44. The van der Waals surface area contributed by atoms with E-state index in [0.717, 1.165) is 28.8 Å². The van der Waals surface area contributed by atoms with Crippen LogP contribution in [0.1, 0.15) is 76.8 Å². The molecule has 3 heteroatoms. The number of alkyl halides is 1. The summed E-state index contributed by atoms with van der Waals surface area (Å²) in [7, 11) is -1.78. The van der Waals surface area contributed by atoms with E-state index in [-0.39, 0.29) is 5.04 Å². The molecule has 29 heavy (non-hydrogen) atoms. The van der Waals surface area contributed by atoms with Gasteiger partial charge in [0.2, 0.25) is 8.32 Å². The summed E-state index contributed by atoms with van der Waals surface area (Å²) in [6.07, 6.45) is 10.5. The Bertz CT molecular complexity index is 805. The summed E-state index contributed by atoms with van der Waals surface area (Å²) in [5.41, 5.74) is 5.41. The monoisotopic (exact) mass is 474 g/mol. The molecule has 0 aliphatic heterocycles. The number of aryl methyl sites for hydroxylation is 1. The second-order valence-electron chi connectivity index (χ2n) is 11.5. The first kappa shape index (κ1) is 21.7. The van der Waals surface area contributed by atoms with Crippen molar-refractivity contribution in [2.45, 2.75) is 90.3 Å². The average molecular weight is 476 g/mol. The first-order chi connectivity index (χ1) is 13.6. The number of hydrogen-bond acceptors (Lipinski definition) is 1. The molecule has 160 valence electrons. The van der Waals surface area contributed by atoms with Crippen molar-refractivity contribution >= 4 is 24.2 Å². The number of fused-ring (bicyclic) bond motifs is 5. The van der Waals surface area contributed by atoms with Crippen LogP contribution in [0.4, 0.5) is 0 Å². The molecule has 1 aromatic carbocycles. The maximum absolute atomic E-state index is 6.62. The maximum Gasteiger partial charge on any atom is 0.250 e. The van der Waals surface area contributed by atoms with Crippen LogP contribution in [-0.2, 0) is 6.42 Å². The van der Waals surface area contributed by atoms with Crippen LogP contribution in [0.3, 0.4) is 0 Å². The fraction of sp³-hybridized carbons (Fsp3) is 0.692. The zero-order valence-corrected chi connectivity index (χ0v) is 21.9. The predicted octanol–water partition coefficient (Wildman–Crippen LogP) is 8.25. The van der Waals surface area contributed by atoms with Gasteiger partial charge in [0.15, 0.2) is 0 Å². The van der Waals surface area contributed by atoms with E-state index in [2.05, 4.69) is 81.0 Å². The van der Waals surface area contributed by atoms with Crippen LogP contribution in [-0.4, -0.2) is 13.6 Å². The minimum atomic E-state index is -1.78. The maximum atomic E-state index is 6.62. The summed E-state index contributed by atoms with van der Waals surface area (Å²) < 4.78 is 6.62. The molecule has 0 saturated heterocycles. The zero-order valence-electron chi connectivity index (χ0n) is 19.3. The van der Waals surface area contributed by atoms with E-state index in [1.54, 1.807) is 16.7 Å². The summed E-state index contributed by atoms with van der Waals surface area (Å²) in [5.74, 6) is 3.62. The summed E-state index contributed by atoms with van der Waals surface area (Å²) in [6, 6.07) is 7.10. The van der Waals surface area contributed by atoms with Gasteiger partial charge in [0.05, 0.1) is 0 Å².